The molecule has 1 amide bonds. The van der Waals surface area contributed by atoms with Crippen LogP contribution in [0.2, 0.25) is 0 Å². The predicted octanol–water partition coefficient (Wildman–Crippen LogP) is 2.20. The van der Waals surface area contributed by atoms with Crippen LogP contribution in [0, 0.1) is 5.82 Å². The van der Waals surface area contributed by atoms with Gasteiger partial charge >= 0.3 is 0 Å². The molecule has 1 heterocycles. The largest absolute Gasteiger partial charge is 0.380 e. The Balaban J connectivity index is 2.76. The number of hydrogen-bond donors (Lipinski definition) is 2. The summed E-state index contributed by atoms with van der Waals surface area (Å²) in [5.41, 5.74) is 0.210. The van der Waals surface area contributed by atoms with Crippen molar-refractivity contribution in [2.24, 2.45) is 0 Å². The Bertz CT molecular complexity index is 440. The maximum absolute atomic E-state index is 13.3. The first-order valence-corrected chi connectivity index (χ1v) is 6.86. The molecule has 0 aliphatic carbocycles. The third kappa shape index (κ3) is 5.13. The quantitative estimate of drug-likeness (QED) is 0.767. The van der Waals surface area contributed by atoms with E-state index >= 15 is 0 Å². The van der Waals surface area contributed by atoms with E-state index in [-0.39, 0.29) is 17.5 Å². The second-order valence-electron chi connectivity index (χ2n) is 4.51. The van der Waals surface area contributed by atoms with Crippen LogP contribution in [0.25, 0.3) is 0 Å². The number of rotatable bonds is 8. The van der Waals surface area contributed by atoms with Crippen molar-refractivity contribution < 1.29 is 13.9 Å². The van der Waals surface area contributed by atoms with Crippen LogP contribution >= 0.6 is 0 Å². The molecule has 1 rings (SSSR count). The van der Waals surface area contributed by atoms with E-state index in [1.165, 1.54) is 6.07 Å². The molecular formula is C14H22FN3O2. The number of aromatic nitrogens is 1. The van der Waals surface area contributed by atoms with Crippen LogP contribution in [-0.4, -0.2) is 36.7 Å². The topological polar surface area (TPSA) is 63.2 Å². The van der Waals surface area contributed by atoms with E-state index in [1.807, 2.05) is 20.8 Å². The molecule has 0 aromatic carbocycles. The molecule has 20 heavy (non-hydrogen) atoms. The van der Waals surface area contributed by atoms with Crippen molar-refractivity contribution in [3.05, 3.63) is 23.6 Å². The normalized spacial score (nSPS) is 12.0. The van der Waals surface area contributed by atoms with Crippen molar-refractivity contribution in [3.63, 3.8) is 0 Å². The Morgan fingerprint density at radius 3 is 2.90 bits per heavy atom. The number of nitrogens with one attached hydrogen (secondary N) is 2. The van der Waals surface area contributed by atoms with Gasteiger partial charge in [0.2, 0.25) is 0 Å². The van der Waals surface area contributed by atoms with Gasteiger partial charge in [-0.15, -0.1) is 0 Å². The summed E-state index contributed by atoms with van der Waals surface area (Å²) in [6, 6.07) is 1.04. The highest BCUT2D eigenvalue weighted by Crippen LogP contribution is 2.14. The molecule has 2 N–H and O–H groups in total. The fourth-order valence-electron chi connectivity index (χ4n) is 1.63. The molecule has 1 atom stereocenters. The molecule has 0 saturated heterocycles. The second kappa shape index (κ2) is 8.47. The fourth-order valence-corrected chi connectivity index (χ4v) is 1.63. The lowest BCUT2D eigenvalue weighted by Crippen LogP contribution is -2.36. The molecule has 0 saturated carbocycles. The van der Waals surface area contributed by atoms with Gasteiger partial charge in [-0.1, -0.05) is 6.92 Å². The highest BCUT2D eigenvalue weighted by molar-refractivity contribution is 5.98. The van der Waals surface area contributed by atoms with Crippen molar-refractivity contribution >= 4 is 11.7 Å². The third-order valence-electron chi connectivity index (χ3n) is 2.59. The lowest BCUT2D eigenvalue weighted by Gasteiger charge is -2.15. The smallest absolute Gasteiger partial charge is 0.255 e. The van der Waals surface area contributed by atoms with Gasteiger partial charge in [-0.3, -0.25) is 4.79 Å². The zero-order chi connectivity index (χ0) is 15.0. The molecule has 5 nitrogen and oxygen atoms in total. The van der Waals surface area contributed by atoms with E-state index in [0.717, 1.165) is 12.6 Å². The molecule has 112 valence electrons. The van der Waals surface area contributed by atoms with Crippen LogP contribution in [0.3, 0.4) is 0 Å². The third-order valence-corrected chi connectivity index (χ3v) is 2.59. The molecule has 0 bridgehead atoms. The average Bonchev–Trinajstić information content (AvgIpc) is 2.43. The molecule has 0 aliphatic rings. The zero-order valence-electron chi connectivity index (χ0n) is 12.2. The van der Waals surface area contributed by atoms with Gasteiger partial charge in [0.1, 0.15) is 11.6 Å². The molecular weight excluding hydrogens is 261 g/mol. The number of anilines is 1. The van der Waals surface area contributed by atoms with E-state index in [4.69, 9.17) is 4.74 Å². The minimum Gasteiger partial charge on any atom is -0.380 e. The number of halogens is 1. The maximum Gasteiger partial charge on any atom is 0.255 e. The number of nitrogens with zero attached hydrogens (tertiary/aromatic N) is 1. The second-order valence-corrected chi connectivity index (χ2v) is 4.51. The van der Waals surface area contributed by atoms with Gasteiger partial charge in [0.25, 0.3) is 5.91 Å². The summed E-state index contributed by atoms with van der Waals surface area (Å²) in [4.78, 5) is 16.1. The van der Waals surface area contributed by atoms with Crippen molar-refractivity contribution in [3.8, 4) is 0 Å². The first kappa shape index (κ1) is 16.4. The van der Waals surface area contributed by atoms with Crippen LogP contribution in [-0.2, 0) is 4.74 Å². The SMILES string of the molecule is CCCNc1ncc(F)cc1C(=O)NC(C)COCC. The number of carbonyl (C=O) groups is 1. The predicted molar refractivity (Wildman–Crippen MR) is 76.4 cm³/mol. The van der Waals surface area contributed by atoms with Gasteiger partial charge in [0.05, 0.1) is 18.4 Å². The van der Waals surface area contributed by atoms with Crippen LogP contribution in [0.4, 0.5) is 10.2 Å². The Kier molecular flexibility index (Phi) is 6.93. The molecule has 1 aromatic rings. The minimum atomic E-state index is -0.533. The molecule has 1 unspecified atom stereocenters. The van der Waals surface area contributed by atoms with Crippen LogP contribution in [0.15, 0.2) is 12.3 Å². The van der Waals surface area contributed by atoms with E-state index < -0.39 is 5.82 Å². The van der Waals surface area contributed by atoms with E-state index in [9.17, 15) is 9.18 Å². The van der Waals surface area contributed by atoms with Gasteiger partial charge < -0.3 is 15.4 Å². The highest BCUT2D eigenvalue weighted by atomic mass is 19.1. The summed E-state index contributed by atoms with van der Waals surface area (Å²) in [5.74, 6) is -0.494. The molecule has 0 fully saturated rings. The summed E-state index contributed by atoms with van der Waals surface area (Å²) in [5, 5.41) is 5.78. The average molecular weight is 283 g/mol. The van der Waals surface area contributed by atoms with Gasteiger partial charge in [0, 0.05) is 19.2 Å². The summed E-state index contributed by atoms with van der Waals surface area (Å²) in [7, 11) is 0. The molecule has 1 aromatic heterocycles. The number of amides is 1. The van der Waals surface area contributed by atoms with Gasteiger partial charge in [-0.05, 0) is 26.3 Å². The highest BCUT2D eigenvalue weighted by Gasteiger charge is 2.16. The van der Waals surface area contributed by atoms with E-state index in [1.54, 1.807) is 0 Å². The van der Waals surface area contributed by atoms with Crippen molar-refractivity contribution in [1.29, 1.82) is 0 Å². The van der Waals surface area contributed by atoms with Crippen molar-refractivity contribution in [1.82, 2.24) is 10.3 Å². The monoisotopic (exact) mass is 283 g/mol. The van der Waals surface area contributed by atoms with E-state index in [2.05, 4.69) is 15.6 Å². The fraction of sp³-hybridized carbons (Fsp3) is 0.571. The standard InChI is InChI=1S/C14H22FN3O2/c1-4-6-16-13-12(7-11(15)8-17-13)14(19)18-10(3)9-20-5-2/h7-8,10H,4-6,9H2,1-3H3,(H,16,17)(H,18,19). The molecule has 0 aliphatic heterocycles. The van der Waals surface area contributed by atoms with Crippen molar-refractivity contribution in [2.45, 2.75) is 33.2 Å². The van der Waals surface area contributed by atoms with Crippen LogP contribution < -0.4 is 10.6 Å². The van der Waals surface area contributed by atoms with E-state index in [0.29, 0.717) is 25.6 Å². The maximum atomic E-state index is 13.3. The van der Waals surface area contributed by atoms with Crippen LogP contribution in [0.5, 0.6) is 0 Å². The number of pyridine rings is 1. The Morgan fingerprint density at radius 1 is 1.50 bits per heavy atom. The molecule has 0 spiro atoms. The Labute approximate surface area is 118 Å². The summed E-state index contributed by atoms with van der Waals surface area (Å²) in [6.45, 7) is 7.40. The number of ether oxygens (including phenoxy) is 1. The Morgan fingerprint density at radius 2 is 2.25 bits per heavy atom. The van der Waals surface area contributed by atoms with Crippen molar-refractivity contribution in [2.75, 3.05) is 25.1 Å². The lowest BCUT2D eigenvalue weighted by molar-refractivity contribution is 0.0872. The summed E-state index contributed by atoms with van der Waals surface area (Å²) >= 11 is 0. The number of carbonyl (C=O) groups excluding carboxylic acids is 1. The zero-order valence-corrected chi connectivity index (χ0v) is 12.2. The van der Waals surface area contributed by atoms with Gasteiger partial charge in [-0.2, -0.15) is 0 Å². The van der Waals surface area contributed by atoms with Gasteiger partial charge in [0.15, 0.2) is 0 Å². The Hall–Kier alpha value is -1.69. The molecule has 6 heteroatoms. The lowest BCUT2D eigenvalue weighted by atomic mass is 10.2. The molecule has 0 radical (unpaired) electrons. The minimum absolute atomic E-state index is 0.148. The first-order chi connectivity index (χ1) is 9.58. The summed E-state index contributed by atoms with van der Waals surface area (Å²) in [6.07, 6.45) is 1.99. The van der Waals surface area contributed by atoms with Crippen LogP contribution in [0.1, 0.15) is 37.6 Å². The van der Waals surface area contributed by atoms with Gasteiger partial charge in [-0.25, -0.2) is 9.37 Å². The summed E-state index contributed by atoms with van der Waals surface area (Å²) < 4.78 is 18.5. The number of hydrogen-bond acceptors (Lipinski definition) is 4. The first-order valence-electron chi connectivity index (χ1n) is 6.86.